The Kier molecular flexibility index (Phi) is 17.7. The summed E-state index contributed by atoms with van der Waals surface area (Å²) < 4.78 is 28.3. The summed E-state index contributed by atoms with van der Waals surface area (Å²) in [7, 11) is 4.70. The van der Waals surface area contributed by atoms with E-state index in [1.54, 1.807) is 108 Å². The minimum atomic E-state index is -0.372. The molecule has 6 aromatic heterocycles. The fraction of sp³-hybridized carbons (Fsp3) is 0.317. The van der Waals surface area contributed by atoms with Gasteiger partial charge in [0.25, 0.3) is 34.4 Å². The van der Waals surface area contributed by atoms with Crippen molar-refractivity contribution in [2.24, 2.45) is 7.05 Å². The number of nitrogens with zero attached hydrogens (tertiary/aromatic N) is 16. The maximum absolute atomic E-state index is 13.9. The molecule has 0 radical (unpaired) electrons. The molecule has 0 unspecified atom stereocenters. The van der Waals surface area contributed by atoms with Crippen LogP contribution < -0.4 is 40.9 Å². The Balaban J connectivity index is 0.000000142. The molecule has 24 nitrogen and oxygen atoms in total. The third-order valence-corrected chi connectivity index (χ3v) is 15.1. The number of methoxy groups -OCH3 is 2. The molecule has 0 spiro atoms. The van der Waals surface area contributed by atoms with Crippen LogP contribution in [-0.4, -0.2) is 174 Å². The number of anilines is 3. The van der Waals surface area contributed by atoms with Crippen LogP contribution in [0.1, 0.15) is 45.3 Å². The fourth-order valence-electron chi connectivity index (χ4n) is 10.6. The minimum absolute atomic E-state index is 0.151. The van der Waals surface area contributed by atoms with E-state index in [0.717, 1.165) is 11.5 Å². The van der Waals surface area contributed by atoms with Crippen molar-refractivity contribution in [1.82, 2.24) is 64.0 Å². The van der Waals surface area contributed by atoms with Crippen LogP contribution in [0.25, 0.3) is 32.3 Å². The fourth-order valence-corrected chi connectivity index (χ4v) is 10.6. The van der Waals surface area contributed by atoms with Gasteiger partial charge in [0.2, 0.25) is 11.8 Å². The zero-order chi connectivity index (χ0) is 59.7. The molecule has 3 aliphatic heterocycles. The molecule has 0 aliphatic carbocycles. The van der Waals surface area contributed by atoms with Crippen molar-refractivity contribution in [3.63, 3.8) is 0 Å². The average Bonchev–Trinajstić information content (AvgIpc) is 3.75. The number of halogens is 1. The van der Waals surface area contributed by atoms with Crippen molar-refractivity contribution in [1.29, 1.82) is 0 Å². The van der Waals surface area contributed by atoms with Gasteiger partial charge in [-0.05, 0) is 44.2 Å². The lowest BCUT2D eigenvalue weighted by Gasteiger charge is -2.36. The Morgan fingerprint density at radius 1 is 0.494 bits per heavy atom. The van der Waals surface area contributed by atoms with Gasteiger partial charge in [-0.2, -0.15) is 20.3 Å². The number of ether oxygens (including phenoxy) is 2. The number of carbonyl (C=O) groups is 3. The number of piperazine rings is 3. The molecule has 438 valence electrons. The maximum atomic E-state index is 13.9. The highest BCUT2D eigenvalue weighted by molar-refractivity contribution is 6.06. The molecular weight excluding hydrogens is 1090 g/mol. The first-order chi connectivity index (χ1) is 41.3. The van der Waals surface area contributed by atoms with Crippen LogP contribution in [0.2, 0.25) is 0 Å². The van der Waals surface area contributed by atoms with Gasteiger partial charge in [0, 0.05) is 127 Å². The predicted octanol–water partition coefficient (Wildman–Crippen LogP) is 4.39. The lowest BCUT2D eigenvalue weighted by Crippen LogP contribution is -2.49. The second kappa shape index (κ2) is 25.9. The van der Waals surface area contributed by atoms with Crippen LogP contribution in [0.15, 0.2) is 136 Å². The van der Waals surface area contributed by atoms with E-state index in [9.17, 15) is 33.2 Å². The summed E-state index contributed by atoms with van der Waals surface area (Å²) in [5, 5.41) is 16.2. The molecule has 3 aliphatic rings. The van der Waals surface area contributed by atoms with E-state index in [1.165, 1.54) is 33.6 Å². The second-order valence-corrected chi connectivity index (χ2v) is 20.0. The standard InChI is InChI=1S/C21H23N5O3.C20H22N6O3.C19H18FN5O2/c1-3-26-20(27)16-8-5-4-7-15(16)19(23-26)21(28)25-13-11-24(12-14-25)17-9-6-10-18(22-17)29-2;1-3-26-19(27)15-7-5-4-6-14(15)17(23-26)20(28)25-10-8-24(9-11-25)16-12-21-13-22-18(16)29-2;1-23-18(26)14-5-3-2-4-13(14)17(22-23)19(27)25-10-8-24(9-11-25)16-6-7-21-12-15(16)20/h4-10H,3,11-14H2,1-2H3;4-7,12-13H,3,8-11H2,1-2H3;2-7,12H,8-11H2,1H3. The Hall–Kier alpha value is -10.2. The molecule has 0 atom stereocenters. The monoisotopic (exact) mass is 1150 g/mol. The second-order valence-electron chi connectivity index (χ2n) is 20.0. The summed E-state index contributed by atoms with van der Waals surface area (Å²) in [4.78, 5) is 105. The van der Waals surface area contributed by atoms with Gasteiger partial charge in [-0.25, -0.2) is 28.4 Å². The smallest absolute Gasteiger partial charge is 0.275 e. The molecule has 85 heavy (non-hydrogen) atoms. The third-order valence-electron chi connectivity index (χ3n) is 15.1. The molecule has 3 saturated heterocycles. The highest BCUT2D eigenvalue weighted by Crippen LogP contribution is 2.27. The number of pyridine rings is 2. The van der Waals surface area contributed by atoms with Crippen LogP contribution in [0.4, 0.5) is 21.6 Å². The van der Waals surface area contributed by atoms with E-state index >= 15 is 0 Å². The number of aromatic nitrogens is 10. The Bertz CT molecular complexity index is 4120. The Labute approximate surface area is 486 Å². The normalized spacial score (nSPS) is 14.4. The molecule has 9 aromatic rings. The minimum Gasteiger partial charge on any atom is -0.481 e. The van der Waals surface area contributed by atoms with Gasteiger partial charge in [0.05, 0.1) is 48.5 Å². The van der Waals surface area contributed by atoms with Gasteiger partial charge in [0.15, 0.2) is 22.9 Å². The zero-order valence-electron chi connectivity index (χ0n) is 47.7. The van der Waals surface area contributed by atoms with Crippen LogP contribution in [0.3, 0.4) is 0 Å². The van der Waals surface area contributed by atoms with Crippen molar-refractivity contribution in [3.8, 4) is 11.8 Å². The summed E-state index contributed by atoms with van der Waals surface area (Å²) in [6.07, 6.45) is 5.90. The van der Waals surface area contributed by atoms with Crippen molar-refractivity contribution in [3.05, 3.63) is 176 Å². The summed E-state index contributed by atoms with van der Waals surface area (Å²) in [5.74, 6) is 1.00. The molecule has 3 amide bonds. The van der Waals surface area contributed by atoms with Gasteiger partial charge < -0.3 is 38.9 Å². The number of fused-ring (bicyclic) bond motifs is 3. The van der Waals surface area contributed by atoms with Gasteiger partial charge >= 0.3 is 0 Å². The highest BCUT2D eigenvalue weighted by atomic mass is 19.1. The molecular formula is C60H63FN16O8. The first-order valence-corrected chi connectivity index (χ1v) is 27.8. The van der Waals surface area contributed by atoms with Crippen molar-refractivity contribution < 1.29 is 28.2 Å². The van der Waals surface area contributed by atoms with Crippen molar-refractivity contribution in [2.45, 2.75) is 26.9 Å². The largest absolute Gasteiger partial charge is 0.481 e. The van der Waals surface area contributed by atoms with E-state index in [1.807, 2.05) is 49.1 Å². The van der Waals surface area contributed by atoms with E-state index in [4.69, 9.17) is 9.47 Å². The van der Waals surface area contributed by atoms with Crippen LogP contribution in [0.5, 0.6) is 11.8 Å². The van der Waals surface area contributed by atoms with Crippen LogP contribution in [0, 0.1) is 5.82 Å². The molecule has 0 N–H and O–H groups in total. The van der Waals surface area contributed by atoms with Crippen molar-refractivity contribution >= 4 is 67.2 Å². The summed E-state index contributed by atoms with van der Waals surface area (Å²) in [6.45, 7) is 11.2. The number of carbonyl (C=O) groups excluding carboxylic acids is 3. The Morgan fingerprint density at radius 2 is 0.941 bits per heavy atom. The van der Waals surface area contributed by atoms with Crippen molar-refractivity contribution in [2.75, 3.05) is 107 Å². The maximum Gasteiger partial charge on any atom is 0.275 e. The van der Waals surface area contributed by atoms with E-state index in [0.29, 0.717) is 153 Å². The molecule has 25 heteroatoms. The molecule has 0 saturated carbocycles. The number of benzene rings is 3. The van der Waals surface area contributed by atoms with Gasteiger partial charge in [-0.3, -0.25) is 33.8 Å². The first kappa shape index (κ1) is 58.0. The SMILES string of the molecule is CCn1nc(C(=O)N2CCN(c3cccc(OC)n3)CC2)c2ccccc2c1=O.CCn1nc(C(=O)N2CCN(c3cncnc3OC)CC2)c2ccccc2c1=O.Cn1nc(C(=O)N2CCN(c3ccncc3F)CC2)c2ccccc2c1=O. The molecule has 12 rings (SSSR count). The number of aryl methyl sites for hydroxylation is 3. The lowest BCUT2D eigenvalue weighted by atomic mass is 10.1. The summed E-state index contributed by atoms with van der Waals surface area (Å²) in [5.41, 5.74) is 1.62. The van der Waals surface area contributed by atoms with E-state index < -0.39 is 0 Å². The third kappa shape index (κ3) is 12.2. The quantitative estimate of drug-likeness (QED) is 0.184. The highest BCUT2D eigenvalue weighted by Gasteiger charge is 2.30. The zero-order valence-corrected chi connectivity index (χ0v) is 47.7. The lowest BCUT2D eigenvalue weighted by molar-refractivity contribution is 0.0732. The first-order valence-electron chi connectivity index (χ1n) is 27.8. The number of rotatable bonds is 10. The molecule has 9 heterocycles. The summed E-state index contributed by atoms with van der Waals surface area (Å²) >= 11 is 0. The molecule has 0 bridgehead atoms. The predicted molar refractivity (Wildman–Crippen MR) is 318 cm³/mol. The number of hydrogen-bond acceptors (Lipinski definition) is 18. The van der Waals surface area contributed by atoms with E-state index in [2.05, 4.69) is 45.0 Å². The topological polar surface area (TPSA) is 245 Å². The number of hydrogen-bond donors (Lipinski definition) is 0. The van der Waals surface area contributed by atoms with Gasteiger partial charge in [-0.1, -0.05) is 60.7 Å². The Morgan fingerprint density at radius 3 is 1.40 bits per heavy atom. The molecule has 3 aromatic carbocycles. The van der Waals surface area contributed by atoms with Crippen LogP contribution in [-0.2, 0) is 20.1 Å². The number of amides is 3. The summed E-state index contributed by atoms with van der Waals surface area (Å²) in [6, 6.07) is 28.5. The van der Waals surface area contributed by atoms with Gasteiger partial charge in [0.1, 0.15) is 17.8 Å². The van der Waals surface area contributed by atoms with Gasteiger partial charge in [-0.15, -0.1) is 0 Å². The van der Waals surface area contributed by atoms with E-state index in [-0.39, 0.29) is 45.9 Å². The van der Waals surface area contributed by atoms with Crippen LogP contribution >= 0.6 is 0 Å². The average molecular weight is 1160 g/mol. The molecule has 3 fully saturated rings.